The number of quaternary nitrogens is 1. The molecule has 1 aliphatic rings. The fourth-order valence-electron chi connectivity index (χ4n) is 2.90. The summed E-state index contributed by atoms with van der Waals surface area (Å²) in [5.41, 5.74) is 1.00. The number of nitrogens with one attached hydrogen (secondary N) is 2. The van der Waals surface area contributed by atoms with Crippen molar-refractivity contribution in [2.45, 2.75) is 25.1 Å². The standard InChI is InChI=1S/C16H21F3N2O3/c1-23-13-6-4-12(5-7-13)14(21-8-2-3-9-21)10-20-15(22)24-11-16(17,18)19/h4-7,14H,2-3,8-11H2,1H3,(H,20,22)/p+1/t14-/m0/s1. The van der Waals surface area contributed by atoms with Gasteiger partial charge in [-0.1, -0.05) is 0 Å². The van der Waals surface area contributed by atoms with Crippen LogP contribution in [0.15, 0.2) is 24.3 Å². The lowest BCUT2D eigenvalue weighted by Gasteiger charge is -2.25. The van der Waals surface area contributed by atoms with Gasteiger partial charge in [-0.3, -0.25) is 0 Å². The highest BCUT2D eigenvalue weighted by atomic mass is 19.4. The number of benzene rings is 1. The fraction of sp³-hybridized carbons (Fsp3) is 0.562. The Balaban J connectivity index is 1.97. The Kier molecular flexibility index (Phi) is 6.30. The molecule has 1 heterocycles. The lowest BCUT2D eigenvalue weighted by Crippen LogP contribution is -3.11. The van der Waals surface area contributed by atoms with E-state index in [1.165, 1.54) is 4.90 Å². The predicted octanol–water partition coefficient (Wildman–Crippen LogP) is 1.70. The number of carbonyl (C=O) groups is 1. The predicted molar refractivity (Wildman–Crippen MR) is 81.1 cm³/mol. The van der Waals surface area contributed by atoms with E-state index in [9.17, 15) is 18.0 Å². The van der Waals surface area contributed by atoms with Crippen molar-refractivity contribution < 1.29 is 32.3 Å². The van der Waals surface area contributed by atoms with E-state index in [2.05, 4.69) is 10.1 Å². The van der Waals surface area contributed by atoms with Crippen LogP contribution in [0.5, 0.6) is 5.75 Å². The molecule has 1 fully saturated rings. The van der Waals surface area contributed by atoms with Crippen LogP contribution in [0.2, 0.25) is 0 Å². The van der Waals surface area contributed by atoms with Crippen LogP contribution in [-0.4, -0.2) is 45.6 Å². The average Bonchev–Trinajstić information content (AvgIpc) is 3.07. The summed E-state index contributed by atoms with van der Waals surface area (Å²) in [7, 11) is 1.58. The largest absolute Gasteiger partial charge is 0.497 e. The van der Waals surface area contributed by atoms with Gasteiger partial charge in [-0.2, -0.15) is 13.2 Å². The number of methoxy groups -OCH3 is 1. The van der Waals surface area contributed by atoms with Gasteiger partial charge in [-0.15, -0.1) is 0 Å². The molecule has 0 unspecified atom stereocenters. The van der Waals surface area contributed by atoms with Crippen molar-refractivity contribution in [1.29, 1.82) is 0 Å². The first kappa shape index (κ1) is 18.4. The van der Waals surface area contributed by atoms with E-state index >= 15 is 0 Å². The van der Waals surface area contributed by atoms with Crippen LogP contribution in [-0.2, 0) is 4.74 Å². The van der Waals surface area contributed by atoms with Crippen molar-refractivity contribution >= 4 is 6.09 Å². The number of amides is 1. The monoisotopic (exact) mass is 347 g/mol. The van der Waals surface area contributed by atoms with Gasteiger partial charge in [0.15, 0.2) is 6.61 Å². The Morgan fingerprint density at radius 1 is 1.25 bits per heavy atom. The van der Waals surface area contributed by atoms with Crippen LogP contribution in [0.3, 0.4) is 0 Å². The Labute approximate surface area is 138 Å². The second-order valence-electron chi connectivity index (χ2n) is 5.76. The number of likely N-dealkylation sites (tertiary alicyclic amines) is 1. The molecule has 0 radical (unpaired) electrons. The minimum Gasteiger partial charge on any atom is -0.497 e. The third-order valence-corrected chi connectivity index (χ3v) is 4.07. The van der Waals surface area contributed by atoms with Crippen LogP contribution < -0.4 is 15.0 Å². The highest BCUT2D eigenvalue weighted by Crippen LogP contribution is 2.17. The van der Waals surface area contributed by atoms with E-state index in [1.807, 2.05) is 24.3 Å². The Hall–Kier alpha value is -1.96. The van der Waals surface area contributed by atoms with Crippen molar-refractivity contribution in [2.24, 2.45) is 0 Å². The lowest BCUT2D eigenvalue weighted by atomic mass is 10.1. The number of carbonyl (C=O) groups excluding carboxylic acids is 1. The maximum atomic E-state index is 12.1. The molecule has 24 heavy (non-hydrogen) atoms. The summed E-state index contributed by atoms with van der Waals surface area (Å²) in [4.78, 5) is 12.8. The van der Waals surface area contributed by atoms with Gasteiger partial charge in [-0.25, -0.2) is 4.79 Å². The second kappa shape index (κ2) is 8.23. The number of alkyl halides is 3. The molecule has 1 saturated heterocycles. The molecular weight excluding hydrogens is 325 g/mol. The van der Waals surface area contributed by atoms with E-state index < -0.39 is 18.9 Å². The van der Waals surface area contributed by atoms with Crippen molar-refractivity contribution in [3.8, 4) is 5.75 Å². The van der Waals surface area contributed by atoms with E-state index in [0.29, 0.717) is 0 Å². The zero-order chi connectivity index (χ0) is 17.6. The topological polar surface area (TPSA) is 52.0 Å². The van der Waals surface area contributed by atoms with Crippen molar-refractivity contribution in [2.75, 3.05) is 33.4 Å². The number of hydrogen-bond acceptors (Lipinski definition) is 3. The van der Waals surface area contributed by atoms with Gasteiger partial charge in [0.2, 0.25) is 0 Å². The van der Waals surface area contributed by atoms with Crippen LogP contribution in [0.4, 0.5) is 18.0 Å². The van der Waals surface area contributed by atoms with E-state index in [4.69, 9.17) is 4.74 Å². The van der Waals surface area contributed by atoms with Crippen molar-refractivity contribution in [3.05, 3.63) is 29.8 Å². The summed E-state index contributed by atoms with van der Waals surface area (Å²) in [6, 6.07) is 7.46. The van der Waals surface area contributed by atoms with E-state index in [-0.39, 0.29) is 12.6 Å². The first-order valence-corrected chi connectivity index (χ1v) is 7.85. The summed E-state index contributed by atoms with van der Waals surface area (Å²) in [5, 5.41) is 2.45. The minimum absolute atomic E-state index is 0.0307. The fourth-order valence-corrected chi connectivity index (χ4v) is 2.90. The summed E-state index contributed by atoms with van der Waals surface area (Å²) in [6.45, 7) is 0.576. The summed E-state index contributed by atoms with van der Waals surface area (Å²) >= 11 is 0. The maximum Gasteiger partial charge on any atom is 0.422 e. The van der Waals surface area contributed by atoms with Gasteiger partial charge in [0.25, 0.3) is 0 Å². The van der Waals surface area contributed by atoms with Crippen LogP contribution in [0.1, 0.15) is 24.4 Å². The van der Waals surface area contributed by atoms with Crippen LogP contribution >= 0.6 is 0 Å². The molecule has 5 nitrogen and oxygen atoms in total. The third-order valence-electron chi connectivity index (χ3n) is 4.07. The van der Waals surface area contributed by atoms with Crippen molar-refractivity contribution in [1.82, 2.24) is 5.32 Å². The quantitative estimate of drug-likeness (QED) is 0.824. The minimum atomic E-state index is -4.52. The SMILES string of the molecule is COc1ccc([C@H](CNC(=O)OCC(F)(F)F)[NH+]2CCCC2)cc1. The molecule has 0 aliphatic carbocycles. The summed E-state index contributed by atoms with van der Waals surface area (Å²) in [6.07, 6.45) is -3.38. The molecule has 2 rings (SSSR count). The first-order valence-electron chi connectivity index (χ1n) is 7.85. The smallest absolute Gasteiger partial charge is 0.422 e. The Morgan fingerprint density at radius 2 is 1.88 bits per heavy atom. The molecular formula is C16H22F3N2O3+. The Bertz CT molecular complexity index is 528. The number of hydrogen-bond donors (Lipinski definition) is 2. The molecule has 8 heteroatoms. The average molecular weight is 347 g/mol. The molecule has 1 aromatic rings. The van der Waals surface area contributed by atoms with Gasteiger partial charge >= 0.3 is 12.3 Å². The van der Waals surface area contributed by atoms with E-state index in [0.717, 1.165) is 37.2 Å². The molecule has 0 bridgehead atoms. The third kappa shape index (κ3) is 5.59. The van der Waals surface area contributed by atoms with E-state index in [1.54, 1.807) is 7.11 Å². The van der Waals surface area contributed by atoms with Crippen LogP contribution in [0.25, 0.3) is 0 Å². The molecule has 1 aromatic carbocycles. The zero-order valence-electron chi connectivity index (χ0n) is 13.5. The number of rotatable bonds is 6. The molecule has 0 spiro atoms. The number of alkyl carbamates (subject to hydrolysis) is 1. The lowest BCUT2D eigenvalue weighted by molar-refractivity contribution is -0.918. The molecule has 0 aromatic heterocycles. The van der Waals surface area contributed by atoms with Gasteiger partial charge in [0.1, 0.15) is 11.8 Å². The van der Waals surface area contributed by atoms with Gasteiger partial charge in [0, 0.05) is 18.4 Å². The maximum absolute atomic E-state index is 12.1. The summed E-state index contributed by atoms with van der Waals surface area (Å²) < 4.78 is 45.5. The molecule has 1 atom stereocenters. The summed E-state index contributed by atoms with van der Waals surface area (Å²) in [5.74, 6) is 0.728. The molecule has 0 saturated carbocycles. The van der Waals surface area contributed by atoms with Crippen LogP contribution in [0, 0.1) is 0 Å². The molecule has 1 aliphatic heterocycles. The molecule has 1 amide bonds. The highest BCUT2D eigenvalue weighted by molar-refractivity contribution is 5.67. The van der Waals surface area contributed by atoms with Gasteiger partial charge in [-0.05, 0) is 24.3 Å². The molecule has 134 valence electrons. The molecule has 2 N–H and O–H groups in total. The normalized spacial score (nSPS) is 16.7. The van der Waals surface area contributed by atoms with Crippen molar-refractivity contribution in [3.63, 3.8) is 0 Å². The Morgan fingerprint density at radius 3 is 2.42 bits per heavy atom. The first-order chi connectivity index (χ1) is 11.4. The van der Waals surface area contributed by atoms with Gasteiger partial charge < -0.3 is 19.7 Å². The number of halogens is 3. The van der Waals surface area contributed by atoms with Gasteiger partial charge in [0.05, 0.1) is 26.7 Å². The highest BCUT2D eigenvalue weighted by Gasteiger charge is 2.31. The number of ether oxygens (including phenoxy) is 2. The zero-order valence-corrected chi connectivity index (χ0v) is 13.5. The second-order valence-corrected chi connectivity index (χ2v) is 5.76.